The molecule has 27 heavy (non-hydrogen) atoms. The number of carbonyl (C=O) groups is 2. The molecule has 3 rings (SSSR count). The van der Waals surface area contributed by atoms with E-state index in [1.165, 1.54) is 20.3 Å². The van der Waals surface area contributed by atoms with Crippen molar-refractivity contribution in [1.29, 1.82) is 0 Å². The van der Waals surface area contributed by atoms with E-state index in [0.29, 0.717) is 43.2 Å². The van der Waals surface area contributed by atoms with Gasteiger partial charge in [0.05, 0.1) is 20.3 Å². The van der Waals surface area contributed by atoms with Gasteiger partial charge in [0.1, 0.15) is 5.75 Å². The Morgan fingerprint density at radius 2 is 1.67 bits per heavy atom. The molecule has 0 radical (unpaired) electrons. The second-order valence-electron chi connectivity index (χ2n) is 6.87. The summed E-state index contributed by atoms with van der Waals surface area (Å²) in [5, 5.41) is 20.5. The largest absolute Gasteiger partial charge is 0.507 e. The predicted octanol–water partition coefficient (Wildman–Crippen LogP) is 2.67. The van der Waals surface area contributed by atoms with Crippen LogP contribution in [0.15, 0.2) is 35.3 Å². The Kier molecular flexibility index (Phi) is 5.65. The van der Waals surface area contributed by atoms with Crippen LogP contribution in [0.4, 0.5) is 0 Å². The number of rotatable bonds is 2. The quantitative estimate of drug-likeness (QED) is 0.776. The summed E-state index contributed by atoms with van der Waals surface area (Å²) in [6.45, 7) is 0. The van der Waals surface area contributed by atoms with Crippen LogP contribution in [-0.2, 0) is 25.5 Å². The number of ketones is 2. The van der Waals surface area contributed by atoms with Crippen LogP contribution in [0, 0.1) is 0 Å². The van der Waals surface area contributed by atoms with Gasteiger partial charge in [-0.3, -0.25) is 9.59 Å². The lowest BCUT2D eigenvalue weighted by atomic mass is 9.83. The van der Waals surface area contributed by atoms with Gasteiger partial charge in [-0.2, -0.15) is 0 Å². The summed E-state index contributed by atoms with van der Waals surface area (Å²) in [6, 6.07) is 5.00. The third-order valence-corrected chi connectivity index (χ3v) is 5.14. The van der Waals surface area contributed by atoms with Crippen LogP contribution in [0.25, 0.3) is 5.57 Å². The van der Waals surface area contributed by atoms with Crippen LogP contribution >= 0.6 is 0 Å². The number of carbonyl (C=O) groups excluding carboxylic acids is 2. The molecule has 2 aliphatic carbocycles. The van der Waals surface area contributed by atoms with Crippen LogP contribution in [0.3, 0.4) is 0 Å². The third kappa shape index (κ3) is 3.62. The van der Waals surface area contributed by atoms with Crippen molar-refractivity contribution in [2.24, 2.45) is 0 Å². The van der Waals surface area contributed by atoms with Gasteiger partial charge in [-0.15, -0.1) is 0 Å². The standard InChI is InChI=1S/C21H24O6/c1-26-20-18(24)14-6-4-3-5-13(22)9-7-12-8-10-16(23)15(11-12)17(14)19(25)21(20)27-2/h8,10-11,13,22-23H,3-7,9H2,1-2H3/t13-/m0/s1. The molecule has 0 amide bonds. The smallest absolute Gasteiger partial charge is 0.232 e. The van der Waals surface area contributed by atoms with Gasteiger partial charge in [0, 0.05) is 16.7 Å². The Labute approximate surface area is 158 Å². The first-order valence-corrected chi connectivity index (χ1v) is 9.13. The topological polar surface area (TPSA) is 93.1 Å². The Morgan fingerprint density at radius 3 is 2.37 bits per heavy atom. The van der Waals surface area contributed by atoms with E-state index < -0.39 is 17.7 Å². The molecule has 2 bridgehead atoms. The molecule has 0 aliphatic heterocycles. The van der Waals surface area contributed by atoms with Crippen LogP contribution in [0.2, 0.25) is 0 Å². The lowest BCUT2D eigenvalue weighted by Crippen LogP contribution is -2.25. The maximum Gasteiger partial charge on any atom is 0.232 e. The average Bonchev–Trinajstić information content (AvgIpc) is 2.65. The normalized spacial score (nSPS) is 21.4. The SMILES string of the molecule is COC1=C(OC)C(=O)C2=C(CCCC[C@H](O)CCc3ccc(O)c2c3)C1=O. The maximum absolute atomic E-state index is 13.1. The summed E-state index contributed by atoms with van der Waals surface area (Å²) in [4.78, 5) is 26.1. The fraction of sp³-hybridized carbons (Fsp3) is 0.429. The van der Waals surface area contributed by atoms with Gasteiger partial charge < -0.3 is 19.7 Å². The number of phenolic OH excluding ortho intramolecular Hbond substituents is 1. The molecule has 2 aliphatic rings. The van der Waals surface area contributed by atoms with Crippen molar-refractivity contribution >= 4 is 17.1 Å². The number of aliphatic hydroxyl groups is 1. The van der Waals surface area contributed by atoms with Gasteiger partial charge in [-0.1, -0.05) is 12.5 Å². The van der Waals surface area contributed by atoms with Gasteiger partial charge in [-0.05, 0) is 49.8 Å². The van der Waals surface area contributed by atoms with Gasteiger partial charge >= 0.3 is 0 Å². The van der Waals surface area contributed by atoms with Gasteiger partial charge in [0.2, 0.25) is 23.1 Å². The van der Waals surface area contributed by atoms with Gasteiger partial charge in [-0.25, -0.2) is 0 Å². The number of aliphatic hydroxyl groups excluding tert-OH is 1. The molecule has 6 nitrogen and oxygen atoms in total. The van der Waals surface area contributed by atoms with Crippen molar-refractivity contribution in [2.45, 2.75) is 44.6 Å². The molecular weight excluding hydrogens is 348 g/mol. The summed E-state index contributed by atoms with van der Waals surface area (Å²) in [6.07, 6.45) is 3.21. The van der Waals surface area contributed by atoms with E-state index in [4.69, 9.17) is 9.47 Å². The summed E-state index contributed by atoms with van der Waals surface area (Å²) < 4.78 is 10.3. The molecule has 0 spiro atoms. The highest BCUT2D eigenvalue weighted by Crippen LogP contribution is 2.38. The number of allylic oxidation sites excluding steroid dienone is 2. The molecule has 0 saturated carbocycles. The zero-order chi connectivity index (χ0) is 19.6. The number of aromatic hydroxyl groups is 1. The summed E-state index contributed by atoms with van der Waals surface area (Å²) in [5.41, 5.74) is 1.70. The van der Waals surface area contributed by atoms with E-state index in [2.05, 4.69) is 0 Å². The average molecular weight is 372 g/mol. The van der Waals surface area contributed by atoms with E-state index in [1.54, 1.807) is 12.1 Å². The monoisotopic (exact) mass is 372 g/mol. The van der Waals surface area contributed by atoms with Crippen LogP contribution in [-0.4, -0.2) is 42.1 Å². The number of ether oxygens (including phenoxy) is 2. The highest BCUT2D eigenvalue weighted by Gasteiger charge is 2.38. The van der Waals surface area contributed by atoms with Crippen LogP contribution < -0.4 is 0 Å². The number of hydrogen-bond acceptors (Lipinski definition) is 6. The first-order valence-electron chi connectivity index (χ1n) is 9.13. The number of Topliss-reactive ketones (excluding diaryl/α,β-unsaturated/α-hetero) is 2. The zero-order valence-electron chi connectivity index (χ0n) is 15.6. The van der Waals surface area contributed by atoms with Crippen molar-refractivity contribution in [3.8, 4) is 5.75 Å². The van der Waals surface area contributed by atoms with Crippen molar-refractivity contribution in [3.63, 3.8) is 0 Å². The molecule has 1 atom stereocenters. The molecule has 0 aromatic heterocycles. The lowest BCUT2D eigenvalue weighted by molar-refractivity contribution is -0.119. The van der Waals surface area contributed by atoms with Gasteiger partial charge in [0.25, 0.3) is 0 Å². The number of benzene rings is 1. The number of phenols is 1. The minimum absolute atomic E-state index is 0.0682. The Hall–Kier alpha value is -2.60. The fourth-order valence-corrected chi connectivity index (χ4v) is 3.70. The molecule has 1 aromatic carbocycles. The van der Waals surface area contributed by atoms with Crippen molar-refractivity contribution in [1.82, 2.24) is 0 Å². The Bertz CT molecular complexity index is 833. The minimum atomic E-state index is -0.464. The number of hydrogen-bond donors (Lipinski definition) is 2. The fourth-order valence-electron chi connectivity index (χ4n) is 3.70. The van der Waals surface area contributed by atoms with Crippen LogP contribution in [0.1, 0.15) is 43.2 Å². The van der Waals surface area contributed by atoms with Crippen LogP contribution in [0.5, 0.6) is 5.75 Å². The highest BCUT2D eigenvalue weighted by atomic mass is 16.5. The van der Waals surface area contributed by atoms with Crippen molar-refractivity contribution < 1.29 is 29.3 Å². The molecule has 0 saturated heterocycles. The lowest BCUT2D eigenvalue weighted by Gasteiger charge is -2.24. The first-order chi connectivity index (χ1) is 13.0. The molecule has 0 heterocycles. The van der Waals surface area contributed by atoms with E-state index >= 15 is 0 Å². The van der Waals surface area contributed by atoms with E-state index in [0.717, 1.165) is 12.0 Å². The summed E-state index contributed by atoms with van der Waals surface area (Å²) in [5.74, 6) is -1.18. The van der Waals surface area contributed by atoms with Crippen molar-refractivity contribution in [3.05, 3.63) is 46.4 Å². The molecule has 6 heteroatoms. The molecule has 0 fully saturated rings. The number of fused-ring (bicyclic) bond motifs is 3. The number of aryl methyl sites for hydroxylation is 1. The van der Waals surface area contributed by atoms with E-state index in [-0.39, 0.29) is 22.8 Å². The Balaban J connectivity index is 2.19. The maximum atomic E-state index is 13.1. The highest BCUT2D eigenvalue weighted by molar-refractivity contribution is 6.38. The molecule has 2 N–H and O–H groups in total. The molecule has 0 unspecified atom stereocenters. The molecule has 144 valence electrons. The van der Waals surface area contributed by atoms with E-state index in [9.17, 15) is 19.8 Å². The van der Waals surface area contributed by atoms with Crippen molar-refractivity contribution in [2.75, 3.05) is 14.2 Å². The second kappa shape index (κ2) is 7.96. The summed E-state index contributed by atoms with van der Waals surface area (Å²) in [7, 11) is 2.65. The summed E-state index contributed by atoms with van der Waals surface area (Å²) >= 11 is 0. The second-order valence-corrected chi connectivity index (χ2v) is 6.87. The molecule has 1 aromatic rings. The Morgan fingerprint density at radius 1 is 0.963 bits per heavy atom. The minimum Gasteiger partial charge on any atom is -0.507 e. The van der Waals surface area contributed by atoms with E-state index in [1.807, 2.05) is 0 Å². The first kappa shape index (κ1) is 19.2. The molecular formula is C21H24O6. The zero-order valence-corrected chi connectivity index (χ0v) is 15.6. The predicted molar refractivity (Wildman–Crippen MR) is 98.9 cm³/mol. The van der Waals surface area contributed by atoms with Gasteiger partial charge in [0.15, 0.2) is 0 Å². The third-order valence-electron chi connectivity index (χ3n) is 5.14. The number of methoxy groups -OCH3 is 2.